The van der Waals surface area contributed by atoms with Crippen LogP contribution in [0.1, 0.15) is 18.1 Å². The molecule has 2 aromatic rings. The van der Waals surface area contributed by atoms with E-state index in [0.29, 0.717) is 10.0 Å². The molecule has 0 bridgehead atoms. The molecule has 0 aliphatic heterocycles. The van der Waals surface area contributed by atoms with Gasteiger partial charge in [0, 0.05) is 15.6 Å². The zero-order valence-electron chi connectivity index (χ0n) is 9.62. The van der Waals surface area contributed by atoms with Gasteiger partial charge in [0.15, 0.2) is 0 Å². The van der Waals surface area contributed by atoms with Crippen molar-refractivity contribution in [2.45, 2.75) is 12.5 Å². The number of rotatable bonds is 2. The predicted molar refractivity (Wildman–Crippen MR) is 76.9 cm³/mol. The Hall–Kier alpha value is -0.710. The summed E-state index contributed by atoms with van der Waals surface area (Å²) in [4.78, 5) is 0. The molecule has 2 aromatic carbocycles. The average Bonchev–Trinajstić information content (AvgIpc) is 2.32. The Morgan fingerprint density at radius 2 is 1.50 bits per heavy atom. The standard InChI is InChI=1S/C14H11Br2FO/c1-14(18,9-5-2-3-7-11(9)15)10-6-4-8-12(16)13(10)17/h2-8,18H,1H3. The number of aliphatic hydroxyl groups is 1. The Labute approximate surface area is 122 Å². The lowest BCUT2D eigenvalue weighted by Crippen LogP contribution is -2.25. The van der Waals surface area contributed by atoms with E-state index >= 15 is 0 Å². The third-order valence-electron chi connectivity index (χ3n) is 2.87. The monoisotopic (exact) mass is 372 g/mol. The van der Waals surface area contributed by atoms with Crippen LogP contribution in [-0.2, 0) is 5.60 Å². The minimum absolute atomic E-state index is 0.240. The Balaban J connectivity index is 2.62. The summed E-state index contributed by atoms with van der Waals surface area (Å²) in [7, 11) is 0. The lowest BCUT2D eigenvalue weighted by Gasteiger charge is -2.26. The Morgan fingerprint density at radius 1 is 0.944 bits per heavy atom. The average molecular weight is 374 g/mol. The molecular weight excluding hydrogens is 363 g/mol. The fourth-order valence-corrected chi connectivity index (χ4v) is 2.92. The molecule has 0 aromatic heterocycles. The molecule has 1 atom stereocenters. The largest absolute Gasteiger partial charge is 0.381 e. The molecule has 1 nitrogen and oxygen atoms in total. The van der Waals surface area contributed by atoms with Crippen LogP contribution in [0.15, 0.2) is 51.4 Å². The predicted octanol–water partition coefficient (Wildman–Crippen LogP) is 4.61. The van der Waals surface area contributed by atoms with Gasteiger partial charge in [-0.3, -0.25) is 0 Å². The van der Waals surface area contributed by atoms with Crippen molar-refractivity contribution in [1.82, 2.24) is 0 Å². The van der Waals surface area contributed by atoms with E-state index in [0.717, 1.165) is 4.47 Å². The van der Waals surface area contributed by atoms with Crippen LogP contribution in [0.2, 0.25) is 0 Å². The molecular formula is C14H11Br2FO. The summed E-state index contributed by atoms with van der Waals surface area (Å²) >= 11 is 6.51. The summed E-state index contributed by atoms with van der Waals surface area (Å²) in [6, 6.07) is 12.1. The molecule has 0 saturated carbocycles. The van der Waals surface area contributed by atoms with E-state index < -0.39 is 11.4 Å². The van der Waals surface area contributed by atoms with Gasteiger partial charge in [0.1, 0.15) is 11.4 Å². The molecule has 1 unspecified atom stereocenters. The van der Waals surface area contributed by atoms with Crippen LogP contribution in [-0.4, -0.2) is 5.11 Å². The Bertz CT molecular complexity index is 582. The first-order valence-corrected chi connectivity index (χ1v) is 6.95. The normalized spacial score (nSPS) is 14.3. The van der Waals surface area contributed by atoms with Gasteiger partial charge >= 0.3 is 0 Å². The molecule has 0 aliphatic carbocycles. The van der Waals surface area contributed by atoms with Gasteiger partial charge in [-0.2, -0.15) is 0 Å². The van der Waals surface area contributed by atoms with E-state index in [1.807, 2.05) is 18.2 Å². The van der Waals surface area contributed by atoms with E-state index in [9.17, 15) is 9.50 Å². The first kappa shape index (κ1) is 13.7. The number of benzene rings is 2. The second kappa shape index (κ2) is 5.11. The topological polar surface area (TPSA) is 20.2 Å². The zero-order valence-corrected chi connectivity index (χ0v) is 12.8. The highest BCUT2D eigenvalue weighted by Gasteiger charge is 2.31. The zero-order chi connectivity index (χ0) is 13.3. The molecule has 94 valence electrons. The molecule has 0 spiro atoms. The smallest absolute Gasteiger partial charge is 0.143 e. The quantitative estimate of drug-likeness (QED) is 0.815. The number of hydrogen-bond acceptors (Lipinski definition) is 1. The summed E-state index contributed by atoms with van der Waals surface area (Å²) in [6.45, 7) is 1.58. The fourth-order valence-electron chi connectivity index (χ4n) is 1.88. The van der Waals surface area contributed by atoms with Crippen molar-refractivity contribution in [3.8, 4) is 0 Å². The molecule has 0 aliphatic rings. The van der Waals surface area contributed by atoms with Gasteiger partial charge < -0.3 is 5.11 Å². The lowest BCUT2D eigenvalue weighted by molar-refractivity contribution is 0.0970. The van der Waals surface area contributed by atoms with Crippen LogP contribution in [0.25, 0.3) is 0 Å². The van der Waals surface area contributed by atoms with Gasteiger partial charge in [-0.25, -0.2) is 4.39 Å². The van der Waals surface area contributed by atoms with E-state index in [-0.39, 0.29) is 5.56 Å². The summed E-state index contributed by atoms with van der Waals surface area (Å²) in [5.41, 5.74) is -0.528. The maximum Gasteiger partial charge on any atom is 0.143 e. The van der Waals surface area contributed by atoms with E-state index in [1.165, 1.54) is 0 Å². The SMILES string of the molecule is CC(O)(c1ccccc1Br)c1cccc(Br)c1F. The number of hydrogen-bond donors (Lipinski definition) is 1. The lowest BCUT2D eigenvalue weighted by atomic mass is 9.88. The third kappa shape index (κ3) is 2.37. The molecule has 0 saturated heterocycles. The minimum Gasteiger partial charge on any atom is -0.381 e. The third-order valence-corrected chi connectivity index (χ3v) is 4.18. The second-order valence-electron chi connectivity index (χ2n) is 4.15. The van der Waals surface area contributed by atoms with Crippen LogP contribution >= 0.6 is 31.9 Å². The van der Waals surface area contributed by atoms with E-state index in [1.54, 1.807) is 31.2 Å². The van der Waals surface area contributed by atoms with E-state index in [2.05, 4.69) is 31.9 Å². The molecule has 0 amide bonds. The second-order valence-corrected chi connectivity index (χ2v) is 5.86. The van der Waals surface area contributed by atoms with Crippen molar-refractivity contribution in [3.63, 3.8) is 0 Å². The van der Waals surface area contributed by atoms with Crippen molar-refractivity contribution < 1.29 is 9.50 Å². The summed E-state index contributed by atoms with van der Waals surface area (Å²) in [5.74, 6) is -0.446. The van der Waals surface area contributed by atoms with Crippen LogP contribution in [0.4, 0.5) is 4.39 Å². The molecule has 2 rings (SSSR count). The van der Waals surface area contributed by atoms with Crippen LogP contribution in [0.3, 0.4) is 0 Å². The Kier molecular flexibility index (Phi) is 3.90. The first-order valence-electron chi connectivity index (χ1n) is 5.36. The van der Waals surface area contributed by atoms with Gasteiger partial charge in [-0.15, -0.1) is 0 Å². The van der Waals surface area contributed by atoms with Crippen molar-refractivity contribution in [2.75, 3.05) is 0 Å². The van der Waals surface area contributed by atoms with Crippen molar-refractivity contribution in [2.24, 2.45) is 0 Å². The summed E-state index contributed by atoms with van der Waals surface area (Å²) < 4.78 is 15.2. The maximum atomic E-state index is 14.1. The van der Waals surface area contributed by atoms with Crippen LogP contribution in [0, 0.1) is 5.82 Å². The molecule has 4 heteroatoms. The van der Waals surface area contributed by atoms with Gasteiger partial charge in [-0.1, -0.05) is 46.3 Å². The summed E-state index contributed by atoms with van der Waals surface area (Å²) in [5, 5.41) is 10.7. The van der Waals surface area contributed by atoms with Gasteiger partial charge in [-0.05, 0) is 35.0 Å². The van der Waals surface area contributed by atoms with Gasteiger partial charge in [0.2, 0.25) is 0 Å². The van der Waals surface area contributed by atoms with Crippen molar-refractivity contribution in [3.05, 3.63) is 68.4 Å². The van der Waals surface area contributed by atoms with Crippen molar-refractivity contribution in [1.29, 1.82) is 0 Å². The highest BCUT2D eigenvalue weighted by atomic mass is 79.9. The first-order chi connectivity index (χ1) is 8.44. The highest BCUT2D eigenvalue weighted by molar-refractivity contribution is 9.10. The summed E-state index contributed by atoms with van der Waals surface area (Å²) in [6.07, 6.45) is 0. The fraction of sp³-hybridized carbons (Fsp3) is 0.143. The maximum absolute atomic E-state index is 14.1. The molecule has 18 heavy (non-hydrogen) atoms. The van der Waals surface area contributed by atoms with Crippen molar-refractivity contribution >= 4 is 31.9 Å². The van der Waals surface area contributed by atoms with Gasteiger partial charge in [0.05, 0.1) is 4.47 Å². The minimum atomic E-state index is -1.39. The van der Waals surface area contributed by atoms with Crippen LogP contribution in [0.5, 0.6) is 0 Å². The molecule has 0 radical (unpaired) electrons. The molecule has 1 N–H and O–H groups in total. The molecule has 0 heterocycles. The highest BCUT2D eigenvalue weighted by Crippen LogP contribution is 2.36. The Morgan fingerprint density at radius 3 is 2.17 bits per heavy atom. The molecule has 0 fully saturated rings. The van der Waals surface area contributed by atoms with Gasteiger partial charge in [0.25, 0.3) is 0 Å². The van der Waals surface area contributed by atoms with E-state index in [4.69, 9.17) is 0 Å². The number of halogens is 3. The van der Waals surface area contributed by atoms with Crippen LogP contribution < -0.4 is 0 Å².